The van der Waals surface area contributed by atoms with E-state index in [-0.39, 0.29) is 32.2 Å². The minimum atomic E-state index is -4.54. The molecule has 0 aliphatic carbocycles. The molecule has 304 valence electrons. The molecule has 2 atom stereocenters. The fourth-order valence-electron chi connectivity index (χ4n) is 4.84. The van der Waals surface area contributed by atoms with Gasteiger partial charge in [0, 0.05) is 13.0 Å². The van der Waals surface area contributed by atoms with Gasteiger partial charge in [-0.1, -0.05) is 125 Å². The second kappa shape index (κ2) is 36.6. The number of carbonyl (C=O) groups is 1. The van der Waals surface area contributed by atoms with Gasteiger partial charge in [-0.25, -0.2) is 0 Å². The molecule has 0 N–H and O–H groups in total. The Bertz CT molecular complexity index is 1120. The number of unbranched alkanes of at least 4 members (excludes halogenated alkanes) is 8. The van der Waals surface area contributed by atoms with Crippen molar-refractivity contribution < 1.29 is 37.3 Å². The summed E-state index contributed by atoms with van der Waals surface area (Å²) in [7, 11) is 1.30. The number of allylic oxidation sites excluding steroid dienone is 14. The highest BCUT2D eigenvalue weighted by Crippen LogP contribution is 2.38. The van der Waals surface area contributed by atoms with Gasteiger partial charge in [0.05, 0.1) is 34.4 Å². The molecule has 0 aromatic rings. The quantitative estimate of drug-likeness (QED) is 0.0206. The second-order valence-electron chi connectivity index (χ2n) is 14.2. The predicted molar refractivity (Wildman–Crippen MR) is 222 cm³/mol. The predicted octanol–water partition coefficient (Wildman–Crippen LogP) is 11.1. The average Bonchev–Trinajstić information content (AvgIpc) is 3.11. The highest BCUT2D eigenvalue weighted by Gasteiger charge is 2.20. The molecule has 2 unspecified atom stereocenters. The van der Waals surface area contributed by atoms with Crippen molar-refractivity contribution in [3.8, 4) is 0 Å². The van der Waals surface area contributed by atoms with Crippen LogP contribution in [0.5, 0.6) is 0 Å². The summed E-state index contributed by atoms with van der Waals surface area (Å²) < 4.78 is 34.4. The number of phosphoric ester groups is 1. The van der Waals surface area contributed by atoms with Gasteiger partial charge in [-0.2, -0.15) is 0 Å². The van der Waals surface area contributed by atoms with Gasteiger partial charge in [-0.05, 0) is 83.5 Å². The molecule has 0 rings (SSSR count). The van der Waals surface area contributed by atoms with Crippen LogP contribution in [0.25, 0.3) is 0 Å². The van der Waals surface area contributed by atoms with Gasteiger partial charge in [-0.15, -0.1) is 0 Å². The summed E-state index contributed by atoms with van der Waals surface area (Å²) in [5.41, 5.74) is 0. The Morgan fingerprint density at radius 2 is 1.04 bits per heavy atom. The molecular weight excluding hydrogens is 685 g/mol. The lowest BCUT2D eigenvalue weighted by molar-refractivity contribution is -0.870. The van der Waals surface area contributed by atoms with E-state index in [1.807, 2.05) is 21.1 Å². The van der Waals surface area contributed by atoms with Crippen molar-refractivity contribution in [3.63, 3.8) is 0 Å². The summed E-state index contributed by atoms with van der Waals surface area (Å²) in [6.45, 7) is 5.06. The number of hydrogen-bond acceptors (Lipinski definition) is 7. The number of carbonyl (C=O) groups excluding carboxylic acids is 1. The molecule has 0 saturated heterocycles. The second-order valence-corrected chi connectivity index (χ2v) is 15.6. The lowest BCUT2D eigenvalue weighted by Crippen LogP contribution is -2.37. The van der Waals surface area contributed by atoms with Crippen LogP contribution in [0.2, 0.25) is 0 Å². The Kier molecular flexibility index (Phi) is 35.0. The zero-order valence-electron chi connectivity index (χ0n) is 34.2. The van der Waals surface area contributed by atoms with E-state index < -0.39 is 13.9 Å². The first-order chi connectivity index (χ1) is 25.6. The summed E-state index contributed by atoms with van der Waals surface area (Å²) in [5.74, 6) is -0.384. The summed E-state index contributed by atoms with van der Waals surface area (Å²) >= 11 is 0. The van der Waals surface area contributed by atoms with Crippen molar-refractivity contribution >= 4 is 13.8 Å². The summed E-state index contributed by atoms with van der Waals surface area (Å²) in [6.07, 6.45) is 47.4. The average molecular weight is 762 g/mol. The minimum Gasteiger partial charge on any atom is -0.756 e. The van der Waals surface area contributed by atoms with Gasteiger partial charge in [0.15, 0.2) is 0 Å². The fourth-order valence-corrected chi connectivity index (χ4v) is 5.57. The molecule has 0 heterocycles. The van der Waals surface area contributed by atoms with Gasteiger partial charge < -0.3 is 27.9 Å². The third-order valence-electron chi connectivity index (χ3n) is 7.94. The highest BCUT2D eigenvalue weighted by molar-refractivity contribution is 7.45. The zero-order chi connectivity index (χ0) is 39.1. The molecule has 0 spiro atoms. The van der Waals surface area contributed by atoms with Crippen molar-refractivity contribution in [2.75, 3.05) is 54.1 Å². The van der Waals surface area contributed by atoms with Crippen molar-refractivity contribution in [2.24, 2.45) is 0 Å². The van der Waals surface area contributed by atoms with Crippen LogP contribution in [-0.2, 0) is 27.9 Å². The number of phosphoric acid groups is 1. The van der Waals surface area contributed by atoms with Crippen LogP contribution < -0.4 is 4.89 Å². The van der Waals surface area contributed by atoms with E-state index in [9.17, 15) is 14.3 Å². The molecule has 0 fully saturated rings. The first-order valence-corrected chi connectivity index (χ1v) is 21.8. The van der Waals surface area contributed by atoms with Gasteiger partial charge in [0.25, 0.3) is 7.82 Å². The smallest absolute Gasteiger partial charge is 0.306 e. The van der Waals surface area contributed by atoms with E-state index in [0.29, 0.717) is 24.1 Å². The molecule has 0 bridgehead atoms. The maximum Gasteiger partial charge on any atom is 0.306 e. The first-order valence-electron chi connectivity index (χ1n) is 20.3. The lowest BCUT2D eigenvalue weighted by Gasteiger charge is -2.28. The minimum absolute atomic E-state index is 0.0102. The molecular formula is C44H76NO7P. The van der Waals surface area contributed by atoms with Crippen LogP contribution in [-0.4, -0.2) is 70.7 Å². The van der Waals surface area contributed by atoms with Crippen molar-refractivity contribution in [1.29, 1.82) is 0 Å². The maximum absolute atomic E-state index is 12.6. The third kappa shape index (κ3) is 40.7. The normalized spacial score (nSPS) is 14.8. The monoisotopic (exact) mass is 762 g/mol. The van der Waals surface area contributed by atoms with Gasteiger partial charge in [0.1, 0.15) is 19.3 Å². The molecule has 53 heavy (non-hydrogen) atoms. The number of nitrogens with zero attached hydrogens (tertiary/aromatic N) is 1. The molecule has 0 aromatic carbocycles. The van der Waals surface area contributed by atoms with Crippen LogP contribution in [0.15, 0.2) is 85.1 Å². The van der Waals surface area contributed by atoms with E-state index in [0.717, 1.165) is 83.5 Å². The number of hydrogen-bond donors (Lipinski definition) is 0. The number of likely N-dealkylation sites (N-methyl/N-ethyl adjacent to an activating group) is 1. The van der Waals surface area contributed by atoms with Gasteiger partial charge in [0.2, 0.25) is 0 Å². The summed E-state index contributed by atoms with van der Waals surface area (Å²) in [6, 6.07) is 0. The van der Waals surface area contributed by atoms with Gasteiger partial charge >= 0.3 is 5.97 Å². The van der Waals surface area contributed by atoms with E-state index in [2.05, 4.69) is 98.9 Å². The number of quaternary nitrogens is 1. The standard InChI is InChI=1S/C44H76NO7P/c1-6-8-10-12-14-16-18-20-22-24-26-28-30-32-34-36-39-49-41-43(42-51-53(47,48)50-40-38-45(3,4)5)52-44(46)37-35-33-31-29-27-25-23-21-19-17-15-13-11-9-7-2/h8-11,14-17,20-23,27,29,43H,6-7,12-13,18-19,24-26,28,30-42H2,1-5H3/b10-8-,11-9-,16-14-,17-15-,22-20-,23-21-,29-27-. The topological polar surface area (TPSA) is 94.1 Å². The largest absolute Gasteiger partial charge is 0.756 e. The molecule has 0 amide bonds. The van der Waals surface area contributed by atoms with Crippen LogP contribution in [0.4, 0.5) is 0 Å². The summed E-state index contributed by atoms with van der Waals surface area (Å²) in [4.78, 5) is 25.0. The molecule has 0 aliphatic heterocycles. The number of ether oxygens (including phenoxy) is 2. The molecule has 8 nitrogen and oxygen atoms in total. The van der Waals surface area contributed by atoms with Gasteiger partial charge in [-0.3, -0.25) is 9.36 Å². The van der Waals surface area contributed by atoms with Crippen molar-refractivity contribution in [1.82, 2.24) is 0 Å². The maximum atomic E-state index is 12.6. The van der Waals surface area contributed by atoms with E-state index >= 15 is 0 Å². The molecule has 0 aromatic heterocycles. The molecule has 0 radical (unpaired) electrons. The lowest BCUT2D eigenvalue weighted by atomic mass is 10.1. The Morgan fingerprint density at radius 1 is 0.585 bits per heavy atom. The summed E-state index contributed by atoms with van der Waals surface area (Å²) in [5, 5.41) is 0. The first kappa shape index (κ1) is 50.7. The van der Waals surface area contributed by atoms with E-state index in [1.54, 1.807) is 0 Å². The van der Waals surface area contributed by atoms with Crippen molar-refractivity contribution in [2.45, 2.75) is 136 Å². The Hall–Kier alpha value is -2.32. The highest BCUT2D eigenvalue weighted by atomic mass is 31.2. The number of esters is 1. The Morgan fingerprint density at radius 3 is 1.55 bits per heavy atom. The molecule has 0 aliphatic rings. The van der Waals surface area contributed by atoms with Crippen LogP contribution in [0, 0.1) is 0 Å². The van der Waals surface area contributed by atoms with E-state index in [4.69, 9.17) is 18.5 Å². The van der Waals surface area contributed by atoms with Crippen LogP contribution in [0.1, 0.15) is 129 Å². The van der Waals surface area contributed by atoms with Crippen LogP contribution >= 0.6 is 7.82 Å². The van der Waals surface area contributed by atoms with E-state index in [1.165, 1.54) is 19.3 Å². The Balaban J connectivity index is 4.39. The SMILES string of the molecule is CC/C=C\C/C=C\C/C=C\C/C=C\CCCCC(=O)OC(COCCCCCCCC/C=C\C/C=C\C/C=C\CC)COP(=O)([O-])OCC[N+](C)(C)C. The zero-order valence-corrected chi connectivity index (χ0v) is 35.1. The Labute approximate surface area is 325 Å². The third-order valence-corrected chi connectivity index (χ3v) is 8.91. The molecule has 9 heteroatoms. The molecule has 0 saturated carbocycles. The van der Waals surface area contributed by atoms with Crippen LogP contribution in [0.3, 0.4) is 0 Å². The number of rotatable bonds is 36. The van der Waals surface area contributed by atoms with Crippen molar-refractivity contribution in [3.05, 3.63) is 85.1 Å². The fraction of sp³-hybridized carbons (Fsp3) is 0.659.